The lowest BCUT2D eigenvalue weighted by atomic mass is 9.96. The molecule has 2 rings (SSSR count). The lowest BCUT2D eigenvalue weighted by molar-refractivity contribution is 0.154. The van der Waals surface area contributed by atoms with E-state index in [-0.39, 0.29) is 5.56 Å². The standard InChI is InChI=1S/C14H16F2N2/c1-10-3-2-6-18(9-10)14(8-17)12-5-4-11(15)7-13(12)16/h4-5,7,10,14H,2-3,6,9H2,1H3. The van der Waals surface area contributed by atoms with Crippen LogP contribution in [0.25, 0.3) is 0 Å². The van der Waals surface area contributed by atoms with Gasteiger partial charge in [-0.05, 0) is 31.4 Å². The third-order valence-corrected chi connectivity index (χ3v) is 3.43. The Kier molecular flexibility index (Phi) is 3.93. The molecule has 1 aromatic carbocycles. The monoisotopic (exact) mass is 250 g/mol. The van der Waals surface area contributed by atoms with Gasteiger partial charge in [-0.3, -0.25) is 4.90 Å². The van der Waals surface area contributed by atoms with E-state index in [1.807, 2.05) is 4.90 Å². The van der Waals surface area contributed by atoms with Gasteiger partial charge in [0.05, 0.1) is 6.07 Å². The Labute approximate surface area is 106 Å². The maximum absolute atomic E-state index is 13.7. The van der Waals surface area contributed by atoms with E-state index < -0.39 is 17.7 Å². The number of likely N-dealkylation sites (tertiary alicyclic amines) is 1. The van der Waals surface area contributed by atoms with Crippen LogP contribution < -0.4 is 0 Å². The summed E-state index contributed by atoms with van der Waals surface area (Å²) in [4.78, 5) is 1.98. The highest BCUT2D eigenvalue weighted by molar-refractivity contribution is 5.26. The second-order valence-electron chi connectivity index (χ2n) is 4.94. The molecule has 2 nitrogen and oxygen atoms in total. The summed E-state index contributed by atoms with van der Waals surface area (Å²) in [5.41, 5.74) is 0.271. The normalized spacial score (nSPS) is 22.4. The second kappa shape index (κ2) is 5.45. The van der Waals surface area contributed by atoms with Gasteiger partial charge in [0, 0.05) is 18.2 Å². The topological polar surface area (TPSA) is 27.0 Å². The third-order valence-electron chi connectivity index (χ3n) is 3.43. The number of piperidine rings is 1. The summed E-state index contributed by atoms with van der Waals surface area (Å²) in [6.45, 7) is 3.70. The first kappa shape index (κ1) is 13.0. The molecule has 1 saturated heterocycles. The van der Waals surface area contributed by atoms with Gasteiger partial charge in [0.2, 0.25) is 0 Å². The zero-order chi connectivity index (χ0) is 13.1. The van der Waals surface area contributed by atoms with Gasteiger partial charge in [0.15, 0.2) is 0 Å². The molecule has 0 radical (unpaired) electrons. The molecule has 4 heteroatoms. The summed E-state index contributed by atoms with van der Waals surface area (Å²) in [5.74, 6) is -0.738. The smallest absolute Gasteiger partial charge is 0.131 e. The van der Waals surface area contributed by atoms with E-state index in [4.69, 9.17) is 0 Å². The fourth-order valence-corrected chi connectivity index (χ4v) is 2.53. The summed E-state index contributed by atoms with van der Waals surface area (Å²) in [6.07, 6.45) is 2.16. The van der Waals surface area contributed by atoms with E-state index in [0.29, 0.717) is 5.92 Å². The minimum absolute atomic E-state index is 0.271. The van der Waals surface area contributed by atoms with Crippen LogP contribution in [0.3, 0.4) is 0 Å². The lowest BCUT2D eigenvalue weighted by Crippen LogP contribution is -2.37. The second-order valence-corrected chi connectivity index (χ2v) is 4.94. The lowest BCUT2D eigenvalue weighted by Gasteiger charge is -2.34. The van der Waals surface area contributed by atoms with Gasteiger partial charge >= 0.3 is 0 Å². The summed E-state index contributed by atoms with van der Waals surface area (Å²) in [5, 5.41) is 9.26. The van der Waals surface area contributed by atoms with Crippen molar-refractivity contribution in [3.05, 3.63) is 35.4 Å². The average Bonchev–Trinajstić information content (AvgIpc) is 2.33. The van der Waals surface area contributed by atoms with Gasteiger partial charge in [0.25, 0.3) is 0 Å². The van der Waals surface area contributed by atoms with E-state index in [2.05, 4.69) is 13.0 Å². The van der Waals surface area contributed by atoms with Crippen LogP contribution in [0.1, 0.15) is 31.4 Å². The first-order valence-electron chi connectivity index (χ1n) is 6.20. The van der Waals surface area contributed by atoms with Gasteiger partial charge in [-0.25, -0.2) is 8.78 Å². The summed E-state index contributed by atoms with van der Waals surface area (Å²) in [6, 6.07) is 4.93. The summed E-state index contributed by atoms with van der Waals surface area (Å²) >= 11 is 0. The Morgan fingerprint density at radius 3 is 2.83 bits per heavy atom. The van der Waals surface area contributed by atoms with E-state index >= 15 is 0 Å². The highest BCUT2D eigenvalue weighted by Crippen LogP contribution is 2.28. The van der Waals surface area contributed by atoms with Crippen LogP contribution in [-0.4, -0.2) is 18.0 Å². The molecule has 2 atom stereocenters. The largest absolute Gasteiger partial charge is 0.284 e. The molecule has 0 amide bonds. The van der Waals surface area contributed by atoms with Crippen molar-refractivity contribution >= 4 is 0 Å². The Bertz CT molecular complexity index is 467. The van der Waals surface area contributed by atoms with Crippen LogP contribution in [0.5, 0.6) is 0 Å². The zero-order valence-electron chi connectivity index (χ0n) is 10.4. The molecule has 1 aromatic rings. The highest BCUT2D eigenvalue weighted by atomic mass is 19.1. The molecule has 0 saturated carbocycles. The van der Waals surface area contributed by atoms with Crippen LogP contribution in [0.4, 0.5) is 8.78 Å². The van der Waals surface area contributed by atoms with Crippen molar-refractivity contribution < 1.29 is 8.78 Å². The first-order chi connectivity index (χ1) is 8.61. The predicted octanol–water partition coefficient (Wildman–Crippen LogP) is 3.26. The zero-order valence-corrected chi connectivity index (χ0v) is 10.4. The minimum Gasteiger partial charge on any atom is -0.284 e. The highest BCUT2D eigenvalue weighted by Gasteiger charge is 2.27. The van der Waals surface area contributed by atoms with E-state index in [1.165, 1.54) is 12.1 Å². The van der Waals surface area contributed by atoms with Crippen LogP contribution >= 0.6 is 0 Å². The Hall–Kier alpha value is -1.47. The number of nitrogens with zero attached hydrogens (tertiary/aromatic N) is 2. The quantitative estimate of drug-likeness (QED) is 0.805. The molecule has 0 N–H and O–H groups in total. The molecule has 0 spiro atoms. The van der Waals surface area contributed by atoms with Crippen molar-refractivity contribution in [2.24, 2.45) is 5.92 Å². The van der Waals surface area contributed by atoms with Crippen molar-refractivity contribution in [2.45, 2.75) is 25.8 Å². The summed E-state index contributed by atoms with van der Waals surface area (Å²) in [7, 11) is 0. The maximum Gasteiger partial charge on any atom is 0.131 e. The van der Waals surface area contributed by atoms with Crippen LogP contribution in [0.15, 0.2) is 18.2 Å². The van der Waals surface area contributed by atoms with Gasteiger partial charge < -0.3 is 0 Å². The van der Waals surface area contributed by atoms with E-state index in [1.54, 1.807) is 0 Å². The fraction of sp³-hybridized carbons (Fsp3) is 0.500. The average molecular weight is 250 g/mol. The van der Waals surface area contributed by atoms with Crippen molar-refractivity contribution in [1.29, 1.82) is 5.26 Å². The molecular weight excluding hydrogens is 234 g/mol. The molecular formula is C14H16F2N2. The van der Waals surface area contributed by atoms with E-state index in [0.717, 1.165) is 32.0 Å². The fourth-order valence-electron chi connectivity index (χ4n) is 2.53. The van der Waals surface area contributed by atoms with Gasteiger partial charge in [-0.2, -0.15) is 5.26 Å². The summed E-state index contributed by atoms with van der Waals surface area (Å²) < 4.78 is 26.6. The minimum atomic E-state index is -0.639. The number of hydrogen-bond donors (Lipinski definition) is 0. The molecule has 0 bridgehead atoms. The Balaban J connectivity index is 2.25. The number of halogens is 2. The van der Waals surface area contributed by atoms with Crippen molar-refractivity contribution in [3.8, 4) is 6.07 Å². The molecule has 1 aliphatic heterocycles. The Morgan fingerprint density at radius 2 is 2.22 bits per heavy atom. The molecule has 0 aromatic heterocycles. The van der Waals surface area contributed by atoms with Crippen molar-refractivity contribution in [1.82, 2.24) is 4.90 Å². The number of rotatable bonds is 2. The third kappa shape index (κ3) is 2.68. The SMILES string of the molecule is CC1CCCN(C(C#N)c2ccc(F)cc2F)C1. The maximum atomic E-state index is 13.7. The molecule has 1 fully saturated rings. The van der Waals surface area contributed by atoms with Crippen LogP contribution in [0.2, 0.25) is 0 Å². The number of nitriles is 1. The molecule has 2 unspecified atom stereocenters. The van der Waals surface area contributed by atoms with Crippen molar-refractivity contribution in [2.75, 3.05) is 13.1 Å². The number of hydrogen-bond acceptors (Lipinski definition) is 2. The molecule has 96 valence electrons. The molecule has 18 heavy (non-hydrogen) atoms. The van der Waals surface area contributed by atoms with Crippen LogP contribution in [-0.2, 0) is 0 Å². The first-order valence-corrected chi connectivity index (χ1v) is 6.20. The molecule has 0 aliphatic carbocycles. The van der Waals surface area contributed by atoms with Crippen molar-refractivity contribution in [3.63, 3.8) is 0 Å². The molecule has 1 aliphatic rings. The number of benzene rings is 1. The predicted molar refractivity (Wildman–Crippen MR) is 64.7 cm³/mol. The van der Waals surface area contributed by atoms with E-state index in [9.17, 15) is 14.0 Å². The van der Waals surface area contributed by atoms with Gasteiger partial charge in [-0.15, -0.1) is 0 Å². The van der Waals surface area contributed by atoms with Crippen LogP contribution in [0, 0.1) is 28.9 Å². The Morgan fingerprint density at radius 1 is 1.44 bits per heavy atom. The van der Waals surface area contributed by atoms with Gasteiger partial charge in [-0.1, -0.05) is 13.0 Å². The molecule has 1 heterocycles. The van der Waals surface area contributed by atoms with Gasteiger partial charge in [0.1, 0.15) is 17.7 Å².